The monoisotopic (exact) mass is 548 g/mol. The Morgan fingerprint density at radius 1 is 1.27 bits per heavy atom. The van der Waals surface area contributed by atoms with Gasteiger partial charge in [-0.15, -0.1) is 0 Å². The highest BCUT2D eigenvalue weighted by Gasteiger charge is 2.42. The van der Waals surface area contributed by atoms with Gasteiger partial charge >= 0.3 is 5.97 Å². The van der Waals surface area contributed by atoms with E-state index >= 15 is 0 Å². The summed E-state index contributed by atoms with van der Waals surface area (Å²) in [6.07, 6.45) is 1.05. The topological polar surface area (TPSA) is 163 Å². The predicted molar refractivity (Wildman–Crippen MR) is 146 cm³/mol. The first-order chi connectivity index (χ1) is 19.1. The van der Waals surface area contributed by atoms with Crippen LogP contribution in [0.2, 0.25) is 0 Å². The van der Waals surface area contributed by atoms with Crippen LogP contribution in [0.1, 0.15) is 49.0 Å². The Morgan fingerprint density at radius 2 is 2.02 bits per heavy atom. The summed E-state index contributed by atoms with van der Waals surface area (Å²) in [4.78, 5) is 42.1. The molecule has 2 saturated heterocycles. The number of nitrogens with one attached hydrogen (secondary N) is 2. The van der Waals surface area contributed by atoms with Crippen molar-refractivity contribution in [2.75, 3.05) is 25.0 Å². The number of rotatable bonds is 6. The van der Waals surface area contributed by atoms with E-state index in [-0.39, 0.29) is 48.9 Å². The van der Waals surface area contributed by atoms with Crippen LogP contribution in [0.3, 0.4) is 0 Å². The van der Waals surface area contributed by atoms with Crippen LogP contribution in [0, 0.1) is 18.3 Å². The molecule has 0 bridgehead atoms. The molecule has 3 aromatic rings. The molecule has 12 heteroatoms. The summed E-state index contributed by atoms with van der Waals surface area (Å²) in [5.74, 6) is -0.832. The van der Waals surface area contributed by atoms with Gasteiger partial charge in [0, 0.05) is 30.5 Å². The molecule has 2 aromatic heterocycles. The number of H-pyrrole nitrogens is 1. The molecule has 2 aliphatic rings. The van der Waals surface area contributed by atoms with Crippen molar-refractivity contribution in [3.8, 4) is 6.07 Å². The first-order valence-electron chi connectivity index (χ1n) is 13.3. The Morgan fingerprint density at radius 3 is 2.65 bits per heavy atom. The molecular weight excluding hydrogens is 516 g/mol. The molecule has 40 heavy (non-hydrogen) atoms. The van der Waals surface area contributed by atoms with Gasteiger partial charge in [0.25, 0.3) is 11.5 Å². The van der Waals surface area contributed by atoms with Crippen LogP contribution in [0.15, 0.2) is 35.3 Å². The van der Waals surface area contributed by atoms with Crippen LogP contribution in [0.25, 0.3) is 10.9 Å². The quantitative estimate of drug-likeness (QED) is 0.420. The molecule has 210 valence electrons. The molecule has 1 amide bonds. The van der Waals surface area contributed by atoms with E-state index in [1.54, 1.807) is 27.8 Å². The lowest BCUT2D eigenvalue weighted by molar-refractivity contribution is -0.158. The second-order valence-corrected chi connectivity index (χ2v) is 10.7. The molecule has 4 unspecified atom stereocenters. The molecule has 0 spiro atoms. The number of amides is 1. The molecule has 12 nitrogen and oxygen atoms in total. The van der Waals surface area contributed by atoms with Gasteiger partial charge in [-0.2, -0.15) is 10.4 Å². The summed E-state index contributed by atoms with van der Waals surface area (Å²) in [7, 11) is 0. The van der Waals surface area contributed by atoms with Gasteiger partial charge in [-0.3, -0.25) is 14.3 Å². The zero-order chi connectivity index (χ0) is 28.6. The van der Waals surface area contributed by atoms with E-state index in [2.05, 4.69) is 16.4 Å². The molecule has 0 saturated carbocycles. The number of carbonyl (C=O) groups excluding carboxylic acids is 1. The summed E-state index contributed by atoms with van der Waals surface area (Å²) < 4.78 is 13.0. The van der Waals surface area contributed by atoms with Crippen LogP contribution < -0.4 is 10.9 Å². The van der Waals surface area contributed by atoms with Crippen molar-refractivity contribution in [3.05, 3.63) is 51.9 Å². The number of nitriles is 1. The van der Waals surface area contributed by atoms with Gasteiger partial charge in [0.1, 0.15) is 5.39 Å². The molecule has 3 N–H and O–H groups in total. The number of aromatic amines is 1. The lowest BCUT2D eigenvalue weighted by Gasteiger charge is -2.38. The summed E-state index contributed by atoms with van der Waals surface area (Å²) >= 11 is 0. The predicted octanol–water partition coefficient (Wildman–Crippen LogP) is 2.90. The van der Waals surface area contributed by atoms with Crippen LogP contribution >= 0.6 is 0 Å². The lowest BCUT2D eigenvalue weighted by atomic mass is 9.87. The van der Waals surface area contributed by atoms with Gasteiger partial charge in [0.15, 0.2) is 11.9 Å². The van der Waals surface area contributed by atoms with Crippen molar-refractivity contribution in [2.45, 2.75) is 63.9 Å². The number of nitrogens with zero attached hydrogens (tertiary/aromatic N) is 4. The van der Waals surface area contributed by atoms with Crippen LogP contribution in [-0.2, 0) is 19.8 Å². The number of hydrogen-bond acceptors (Lipinski definition) is 8. The number of carboxylic acids is 1. The van der Waals surface area contributed by atoms with Gasteiger partial charge < -0.3 is 29.8 Å². The van der Waals surface area contributed by atoms with Crippen molar-refractivity contribution in [2.24, 2.45) is 0 Å². The Kier molecular flexibility index (Phi) is 7.35. The van der Waals surface area contributed by atoms with Gasteiger partial charge in [0.2, 0.25) is 0 Å². The van der Waals surface area contributed by atoms with E-state index < -0.39 is 17.6 Å². The Hall–Kier alpha value is -4.21. The van der Waals surface area contributed by atoms with E-state index in [4.69, 9.17) is 14.6 Å². The number of ether oxygens (including phenoxy) is 2. The average Bonchev–Trinajstić information content (AvgIpc) is 3.28. The first kappa shape index (κ1) is 27.4. The standard InChI is InChI=1S/C28H32N6O6/c1-16-12-19(4-5-20(16)26(36)33-13-17(2)40-18(3)14-33)31-24-23-21(7-11-30-25(23)35)34(32-24)28(9-10-29)8-6-22(27(37)38)39-15-28/h4-5,7,11-12,17-18,22H,6,8-9,13-15H2,1-3H3,(H,30,35)(H,31,32)(H,37,38). The maximum atomic E-state index is 13.3. The van der Waals surface area contributed by atoms with E-state index in [0.29, 0.717) is 41.7 Å². The third kappa shape index (κ3) is 5.05. The number of carbonyl (C=O) groups is 2. The van der Waals surface area contributed by atoms with E-state index in [9.17, 15) is 24.8 Å². The molecule has 2 fully saturated rings. The lowest BCUT2D eigenvalue weighted by Crippen LogP contribution is -2.48. The average molecular weight is 549 g/mol. The summed E-state index contributed by atoms with van der Waals surface area (Å²) in [6, 6.07) is 9.23. The largest absolute Gasteiger partial charge is 0.479 e. The Labute approximate surface area is 230 Å². The zero-order valence-electron chi connectivity index (χ0n) is 22.6. The van der Waals surface area contributed by atoms with Crippen molar-refractivity contribution in [1.29, 1.82) is 5.26 Å². The molecule has 0 aliphatic carbocycles. The maximum Gasteiger partial charge on any atom is 0.332 e. The summed E-state index contributed by atoms with van der Waals surface area (Å²) in [5, 5.41) is 27.2. The second-order valence-electron chi connectivity index (χ2n) is 10.7. The number of carboxylic acid groups (broad SMARTS) is 1. The fourth-order valence-electron chi connectivity index (χ4n) is 5.69. The molecule has 4 atom stereocenters. The first-order valence-corrected chi connectivity index (χ1v) is 13.3. The Bertz CT molecular complexity index is 1540. The number of fused-ring (bicyclic) bond motifs is 1. The number of aryl methyl sites for hydroxylation is 1. The number of morpholine rings is 1. The highest BCUT2D eigenvalue weighted by Crippen LogP contribution is 2.37. The van der Waals surface area contributed by atoms with E-state index in [0.717, 1.165) is 5.56 Å². The fraction of sp³-hybridized carbons (Fsp3) is 0.464. The second kappa shape index (κ2) is 10.7. The molecule has 5 rings (SSSR count). The molecule has 4 heterocycles. The minimum atomic E-state index is -1.05. The van der Waals surface area contributed by atoms with Crippen LogP contribution in [0.4, 0.5) is 11.5 Å². The highest BCUT2D eigenvalue weighted by molar-refractivity contribution is 5.97. The van der Waals surface area contributed by atoms with Gasteiger partial charge in [0.05, 0.1) is 42.4 Å². The van der Waals surface area contributed by atoms with Crippen molar-refractivity contribution >= 4 is 34.3 Å². The van der Waals surface area contributed by atoms with Gasteiger partial charge in [-0.25, -0.2) is 4.79 Å². The number of benzene rings is 1. The molecule has 0 radical (unpaired) electrons. The SMILES string of the molecule is Cc1cc(Nc2nn(C3(CC#N)CCC(C(=O)O)OC3)c3cc[nH]c(=O)c23)ccc1C(=O)N1CC(C)OC(C)C1. The number of anilines is 2. The highest BCUT2D eigenvalue weighted by atomic mass is 16.5. The molecule has 2 aliphatic heterocycles. The third-order valence-electron chi connectivity index (χ3n) is 7.59. The third-order valence-corrected chi connectivity index (χ3v) is 7.59. The van der Waals surface area contributed by atoms with Crippen molar-refractivity contribution in [1.82, 2.24) is 19.7 Å². The normalized spacial score (nSPS) is 24.9. The van der Waals surface area contributed by atoms with Crippen LogP contribution in [-0.4, -0.2) is 74.7 Å². The minimum absolute atomic E-state index is 0.0249. The minimum Gasteiger partial charge on any atom is -0.479 e. The number of pyridine rings is 1. The Balaban J connectivity index is 1.47. The summed E-state index contributed by atoms with van der Waals surface area (Å²) in [6.45, 7) is 6.77. The van der Waals surface area contributed by atoms with E-state index in [1.807, 2.05) is 26.8 Å². The molecule has 1 aromatic carbocycles. The fourth-order valence-corrected chi connectivity index (χ4v) is 5.69. The van der Waals surface area contributed by atoms with Crippen LogP contribution in [0.5, 0.6) is 0 Å². The van der Waals surface area contributed by atoms with Gasteiger partial charge in [-0.05, 0) is 63.4 Å². The summed E-state index contributed by atoms with van der Waals surface area (Å²) in [5.41, 5.74) is 1.18. The maximum absolute atomic E-state index is 13.3. The van der Waals surface area contributed by atoms with E-state index in [1.165, 1.54) is 6.20 Å². The smallest absolute Gasteiger partial charge is 0.332 e. The van der Waals surface area contributed by atoms with Gasteiger partial charge in [-0.1, -0.05) is 0 Å². The van der Waals surface area contributed by atoms with Crippen molar-refractivity contribution < 1.29 is 24.2 Å². The number of aliphatic carboxylic acids is 1. The zero-order valence-corrected chi connectivity index (χ0v) is 22.6. The number of aromatic nitrogens is 3. The number of hydrogen-bond donors (Lipinski definition) is 3. The molecular formula is C28H32N6O6. The van der Waals surface area contributed by atoms with Crippen molar-refractivity contribution in [3.63, 3.8) is 0 Å².